The maximum atomic E-state index is 6.52. The number of fused-ring (bicyclic) bond motifs is 33. The Bertz CT molecular complexity index is 10800. The largest absolute Gasteiger partial charge is 0.456 e. The van der Waals surface area contributed by atoms with Crippen molar-refractivity contribution in [1.29, 1.82) is 0 Å². The standard InChI is InChI=1S/2C46H27N3O.C46H27N3S/c1-3-15-32-28(11-1)23-25-39-42(32)43-33-16-4-2-12-29(33)24-26-40(43)49(39)31-14-9-13-30(27-31)44-45(48-38-21-7-6-20-37(38)47-44)36-19-10-18-35-34-17-5-8-22-41(34)50-46(35)36;2*1-3-14-33-28(10-1)20-23-39-43(33)44-34-15-4-2-11-29(34)21-24-40(44)49(39)32-13-9-12-30(26-32)45-46(48-38-18-7-6-17-37(38)47-45)31-22-25-42-36(27-31)35-16-5-8-19-41(35)50-42/h3*1-27H. The highest BCUT2D eigenvalue weighted by molar-refractivity contribution is 7.25. The van der Waals surface area contributed by atoms with Crippen molar-refractivity contribution < 1.29 is 8.83 Å². The quantitative estimate of drug-likeness (QED) is 0.140. The molecule has 9 heterocycles. The van der Waals surface area contributed by atoms with E-state index in [1.165, 1.54) is 150 Å². The number of thiophene rings is 1. The molecule has 0 aliphatic carbocycles. The molecule has 33 aromatic rings. The lowest BCUT2D eigenvalue weighted by Gasteiger charge is -2.14. The van der Waals surface area contributed by atoms with Crippen LogP contribution >= 0.6 is 11.3 Å². The van der Waals surface area contributed by atoms with Gasteiger partial charge in [0.15, 0.2) is 0 Å². The number of hydrogen-bond donors (Lipinski definition) is 0. The van der Waals surface area contributed by atoms with Crippen molar-refractivity contribution in [3.05, 3.63) is 491 Å². The van der Waals surface area contributed by atoms with Gasteiger partial charge in [-0.05, 0) is 228 Å². The smallest absolute Gasteiger partial charge is 0.144 e. The number of furan rings is 2. The number of aromatic nitrogens is 9. The van der Waals surface area contributed by atoms with E-state index in [1.807, 2.05) is 96.3 Å². The van der Waals surface area contributed by atoms with Crippen LogP contribution in [0, 0.1) is 0 Å². The van der Waals surface area contributed by atoms with Crippen LogP contribution in [0.5, 0.6) is 0 Å². The van der Waals surface area contributed by atoms with E-state index >= 15 is 0 Å². The first-order valence-corrected chi connectivity index (χ1v) is 51.6. The molecule has 0 atom stereocenters. The molecule has 0 fully saturated rings. The van der Waals surface area contributed by atoms with Gasteiger partial charge >= 0.3 is 0 Å². The Hall–Kier alpha value is -19.9. The van der Waals surface area contributed by atoms with Crippen LogP contribution in [0.25, 0.3) is 312 Å². The molecule has 0 N–H and O–H groups in total. The summed E-state index contributed by atoms with van der Waals surface area (Å²) in [6.45, 7) is 0. The number of benzene rings is 24. The van der Waals surface area contributed by atoms with Gasteiger partial charge in [-0.2, -0.15) is 0 Å². The van der Waals surface area contributed by atoms with Crippen molar-refractivity contribution in [3.63, 3.8) is 0 Å². The summed E-state index contributed by atoms with van der Waals surface area (Å²) in [5.41, 5.74) is 30.0. The lowest BCUT2D eigenvalue weighted by molar-refractivity contribution is 0.669. The van der Waals surface area contributed by atoms with Gasteiger partial charge in [-0.15, -0.1) is 11.3 Å². The van der Waals surface area contributed by atoms with Gasteiger partial charge in [0.2, 0.25) is 0 Å². The molecule has 33 rings (SSSR count). The van der Waals surface area contributed by atoms with Gasteiger partial charge < -0.3 is 22.5 Å². The average molecular weight is 1930 g/mol. The zero-order chi connectivity index (χ0) is 98.3. The second-order valence-electron chi connectivity index (χ2n) is 38.9. The topological polar surface area (TPSA) is 118 Å². The van der Waals surface area contributed by atoms with E-state index in [9.17, 15) is 0 Å². The van der Waals surface area contributed by atoms with Crippen molar-refractivity contribution in [2.75, 3.05) is 0 Å². The van der Waals surface area contributed by atoms with Crippen LogP contribution in [0.4, 0.5) is 0 Å². The Labute approximate surface area is 860 Å². The van der Waals surface area contributed by atoms with E-state index in [1.54, 1.807) is 0 Å². The van der Waals surface area contributed by atoms with Crippen LogP contribution in [0.1, 0.15) is 0 Å². The highest BCUT2D eigenvalue weighted by Crippen LogP contribution is 2.50. The summed E-state index contributed by atoms with van der Waals surface area (Å²) < 4.78 is 22.5. The summed E-state index contributed by atoms with van der Waals surface area (Å²) in [6, 6.07) is 174. The molecular formula is C138H81N9O2S. The molecule has 9 aromatic heterocycles. The van der Waals surface area contributed by atoms with E-state index in [0.29, 0.717) is 0 Å². The molecule has 150 heavy (non-hydrogen) atoms. The van der Waals surface area contributed by atoms with Crippen molar-refractivity contribution in [1.82, 2.24) is 43.6 Å². The third-order valence-corrected chi connectivity index (χ3v) is 31.6. The van der Waals surface area contributed by atoms with Gasteiger partial charge in [-0.1, -0.05) is 328 Å². The van der Waals surface area contributed by atoms with Crippen molar-refractivity contribution >= 4 is 239 Å². The maximum Gasteiger partial charge on any atom is 0.144 e. The number of hydrogen-bond acceptors (Lipinski definition) is 9. The molecule has 0 saturated heterocycles. The predicted molar refractivity (Wildman–Crippen MR) is 627 cm³/mol. The van der Waals surface area contributed by atoms with Crippen LogP contribution in [-0.2, 0) is 0 Å². The molecule has 0 radical (unpaired) electrons. The lowest BCUT2D eigenvalue weighted by atomic mass is 10.00. The van der Waals surface area contributed by atoms with E-state index < -0.39 is 0 Å². The van der Waals surface area contributed by atoms with E-state index in [2.05, 4.69) is 420 Å². The Kier molecular flexibility index (Phi) is 19.1. The maximum absolute atomic E-state index is 6.52. The van der Waals surface area contributed by atoms with Gasteiger partial charge in [-0.25, -0.2) is 29.9 Å². The monoisotopic (exact) mass is 1930 g/mol. The fraction of sp³-hybridized carbons (Fsp3) is 0. The fourth-order valence-electron chi connectivity index (χ4n) is 23.7. The molecule has 0 spiro atoms. The van der Waals surface area contributed by atoms with Gasteiger partial charge in [0.05, 0.1) is 94.7 Å². The van der Waals surface area contributed by atoms with Crippen LogP contribution < -0.4 is 0 Å². The van der Waals surface area contributed by atoms with Gasteiger partial charge in [0.25, 0.3) is 0 Å². The zero-order valence-electron chi connectivity index (χ0n) is 80.5. The average Bonchev–Trinajstić information content (AvgIpc) is 1.56. The minimum absolute atomic E-state index is 0.796. The highest BCUT2D eigenvalue weighted by Gasteiger charge is 2.28. The van der Waals surface area contributed by atoms with Gasteiger partial charge in [0, 0.05) is 124 Å². The third-order valence-electron chi connectivity index (χ3n) is 30.4. The van der Waals surface area contributed by atoms with Gasteiger partial charge in [-0.3, -0.25) is 0 Å². The molecular weight excluding hydrogens is 1850 g/mol. The summed E-state index contributed by atoms with van der Waals surface area (Å²) in [6.07, 6.45) is 0. The van der Waals surface area contributed by atoms with Gasteiger partial charge in [0.1, 0.15) is 28.0 Å². The molecule has 11 nitrogen and oxygen atoms in total. The van der Waals surface area contributed by atoms with Crippen LogP contribution in [0.2, 0.25) is 0 Å². The molecule has 0 saturated carbocycles. The van der Waals surface area contributed by atoms with E-state index in [-0.39, 0.29) is 0 Å². The van der Waals surface area contributed by atoms with Crippen LogP contribution in [0.15, 0.2) is 500 Å². The molecule has 0 bridgehead atoms. The zero-order valence-corrected chi connectivity index (χ0v) is 81.3. The van der Waals surface area contributed by atoms with Crippen molar-refractivity contribution in [3.8, 4) is 84.6 Å². The molecule has 24 aromatic carbocycles. The SMILES string of the molecule is c1cc(-c2nc3ccccc3nc2-c2ccc3oc4ccccc4c3c2)cc(-n2c3ccc4ccccc4c3c3c4ccccc4ccc32)c1.c1cc(-c2nc3ccccc3nc2-c2ccc3sc4ccccc4c3c2)cc(-n2c3ccc4ccccc4c3c3c4ccccc4ccc32)c1.c1cc(-c2nc3ccccc3nc2-c2cccc3c2oc2ccccc23)cc(-n2c3ccc4ccccc4c3c3c4ccccc4ccc32)c1. The summed E-state index contributed by atoms with van der Waals surface area (Å²) in [5, 5.41) is 29.4. The summed E-state index contributed by atoms with van der Waals surface area (Å²) in [4.78, 5) is 31.7. The number of para-hydroxylation sites is 9. The molecule has 0 aliphatic heterocycles. The Morgan fingerprint density at radius 1 is 0.167 bits per heavy atom. The van der Waals surface area contributed by atoms with Crippen molar-refractivity contribution in [2.24, 2.45) is 0 Å². The molecule has 696 valence electrons. The van der Waals surface area contributed by atoms with Crippen molar-refractivity contribution in [2.45, 2.75) is 0 Å². The van der Waals surface area contributed by atoms with Crippen LogP contribution in [-0.4, -0.2) is 43.6 Å². The van der Waals surface area contributed by atoms with E-state index in [0.717, 1.165) is 162 Å². The Morgan fingerprint density at radius 3 is 0.813 bits per heavy atom. The highest BCUT2D eigenvalue weighted by atomic mass is 32.1. The molecule has 0 aliphatic rings. The minimum Gasteiger partial charge on any atom is -0.456 e. The second-order valence-corrected chi connectivity index (χ2v) is 40.0. The summed E-state index contributed by atoms with van der Waals surface area (Å²) >= 11 is 1.83. The molecule has 12 heteroatoms. The number of rotatable bonds is 9. The number of nitrogens with zero attached hydrogens (tertiary/aromatic N) is 9. The fourth-order valence-corrected chi connectivity index (χ4v) is 24.8. The third kappa shape index (κ3) is 13.5. The first kappa shape index (κ1) is 84.6. The molecule has 0 unspecified atom stereocenters. The second kappa shape index (κ2) is 33.9. The Morgan fingerprint density at radius 2 is 0.433 bits per heavy atom. The normalized spacial score (nSPS) is 12.0. The first-order chi connectivity index (χ1) is 74.4. The van der Waals surface area contributed by atoms with Crippen LogP contribution in [0.3, 0.4) is 0 Å². The predicted octanol–water partition coefficient (Wildman–Crippen LogP) is 37.3. The molecule has 0 amide bonds. The Balaban J connectivity index is 0.000000101. The first-order valence-electron chi connectivity index (χ1n) is 50.7. The summed E-state index contributed by atoms with van der Waals surface area (Å²) in [7, 11) is 0. The van der Waals surface area contributed by atoms with E-state index in [4.69, 9.17) is 38.7 Å². The lowest BCUT2D eigenvalue weighted by Crippen LogP contribution is -1.98. The summed E-state index contributed by atoms with van der Waals surface area (Å²) in [5.74, 6) is 0. The minimum atomic E-state index is 0.796.